The van der Waals surface area contributed by atoms with Gasteiger partial charge in [0.1, 0.15) is 17.4 Å². The molecule has 1 aliphatic heterocycles. The highest BCUT2D eigenvalue weighted by atomic mass is 35.5. The number of aromatic nitrogens is 3. The first-order valence-electron chi connectivity index (χ1n) is 8.07. The number of rotatable bonds is 3. The Labute approximate surface area is 154 Å². The maximum atomic E-state index is 13.3. The first kappa shape index (κ1) is 16.5. The Morgan fingerprint density at radius 1 is 1.12 bits per heavy atom. The number of pyridine rings is 1. The van der Waals surface area contributed by atoms with Crippen molar-refractivity contribution < 1.29 is 9.18 Å². The van der Waals surface area contributed by atoms with Gasteiger partial charge in [-0.05, 0) is 42.0 Å². The first-order chi connectivity index (χ1) is 12.7. The van der Waals surface area contributed by atoms with Crippen molar-refractivity contribution in [3.05, 3.63) is 54.6 Å². The number of hydrogen-bond acceptors (Lipinski definition) is 4. The molecule has 1 N–H and O–H groups in total. The third kappa shape index (κ3) is 2.90. The highest BCUT2D eigenvalue weighted by Gasteiger charge is 2.27. The minimum absolute atomic E-state index is 0.101. The largest absolute Gasteiger partial charge is 0.279 e. The Kier molecular flexibility index (Phi) is 4.30. The quantitative estimate of drug-likeness (QED) is 0.718. The van der Waals surface area contributed by atoms with Crippen LogP contribution < -0.4 is 5.43 Å². The summed E-state index contributed by atoms with van der Waals surface area (Å²) in [5.41, 5.74) is 6.34. The Morgan fingerprint density at radius 3 is 2.54 bits per heavy atom. The van der Waals surface area contributed by atoms with Crippen LogP contribution in [0, 0.1) is 5.82 Å². The van der Waals surface area contributed by atoms with Crippen LogP contribution in [-0.2, 0) is 11.3 Å². The van der Waals surface area contributed by atoms with Crippen LogP contribution in [-0.4, -0.2) is 38.1 Å². The Balaban J connectivity index is 1.87. The summed E-state index contributed by atoms with van der Waals surface area (Å²) >= 11 is 5.69. The molecule has 1 aromatic carbocycles. The SMILES string of the molecule is O=C(CCl)N1CCn2nc(-c3ccc(F)cc3)c(-c3ccncc3)c2N1. The number of nitrogens with one attached hydrogen (secondary N) is 1. The van der Waals surface area contributed by atoms with E-state index in [4.69, 9.17) is 11.6 Å². The molecule has 1 amide bonds. The van der Waals surface area contributed by atoms with Gasteiger partial charge in [-0.2, -0.15) is 5.10 Å². The van der Waals surface area contributed by atoms with Gasteiger partial charge in [-0.25, -0.2) is 9.07 Å². The van der Waals surface area contributed by atoms with Gasteiger partial charge in [-0.3, -0.25) is 20.2 Å². The molecule has 0 atom stereocenters. The molecule has 132 valence electrons. The maximum Gasteiger partial charge on any atom is 0.255 e. The Hall–Kier alpha value is -2.93. The summed E-state index contributed by atoms with van der Waals surface area (Å²) < 4.78 is 15.1. The molecular weight excluding hydrogens is 357 g/mol. The van der Waals surface area contributed by atoms with Gasteiger partial charge in [0, 0.05) is 18.0 Å². The van der Waals surface area contributed by atoms with E-state index in [1.165, 1.54) is 17.1 Å². The third-order valence-electron chi connectivity index (χ3n) is 4.23. The third-order valence-corrected chi connectivity index (χ3v) is 4.46. The molecule has 0 fully saturated rings. The lowest BCUT2D eigenvalue weighted by molar-refractivity contribution is -0.127. The van der Waals surface area contributed by atoms with Crippen molar-refractivity contribution in [1.29, 1.82) is 0 Å². The first-order valence-corrected chi connectivity index (χ1v) is 8.61. The van der Waals surface area contributed by atoms with E-state index in [9.17, 15) is 9.18 Å². The van der Waals surface area contributed by atoms with Crippen LogP contribution in [0.5, 0.6) is 0 Å². The molecule has 0 radical (unpaired) electrons. The molecular formula is C18H15ClFN5O. The molecule has 4 rings (SSSR count). The van der Waals surface area contributed by atoms with Crippen LogP contribution in [0.2, 0.25) is 0 Å². The molecule has 0 aliphatic carbocycles. The second-order valence-electron chi connectivity index (χ2n) is 5.83. The lowest BCUT2D eigenvalue weighted by atomic mass is 10.0. The number of fused-ring (bicyclic) bond motifs is 1. The van der Waals surface area contributed by atoms with Crippen molar-refractivity contribution in [2.45, 2.75) is 6.54 Å². The normalized spacial score (nSPS) is 13.2. The molecule has 26 heavy (non-hydrogen) atoms. The van der Waals surface area contributed by atoms with E-state index in [-0.39, 0.29) is 17.6 Å². The molecule has 3 aromatic rings. The average Bonchev–Trinajstić information content (AvgIpc) is 3.07. The van der Waals surface area contributed by atoms with Crippen molar-refractivity contribution in [2.75, 3.05) is 17.9 Å². The van der Waals surface area contributed by atoms with Gasteiger partial charge in [0.25, 0.3) is 5.91 Å². The lowest BCUT2D eigenvalue weighted by Crippen LogP contribution is -2.43. The van der Waals surface area contributed by atoms with E-state index in [0.29, 0.717) is 24.6 Å². The number of carbonyl (C=O) groups excluding carboxylic acids is 1. The zero-order valence-electron chi connectivity index (χ0n) is 13.7. The molecule has 6 nitrogen and oxygen atoms in total. The lowest BCUT2D eigenvalue weighted by Gasteiger charge is -2.29. The highest BCUT2D eigenvalue weighted by molar-refractivity contribution is 6.27. The van der Waals surface area contributed by atoms with E-state index in [0.717, 1.165) is 16.7 Å². The summed E-state index contributed by atoms with van der Waals surface area (Å²) in [5, 5.41) is 6.18. The smallest absolute Gasteiger partial charge is 0.255 e. The van der Waals surface area contributed by atoms with Crippen LogP contribution in [0.4, 0.5) is 10.2 Å². The van der Waals surface area contributed by atoms with Crippen molar-refractivity contribution in [2.24, 2.45) is 0 Å². The summed E-state index contributed by atoms with van der Waals surface area (Å²) in [6.45, 7) is 0.989. The summed E-state index contributed by atoms with van der Waals surface area (Å²) in [6.07, 6.45) is 3.39. The van der Waals surface area contributed by atoms with E-state index in [1.807, 2.05) is 16.8 Å². The Morgan fingerprint density at radius 2 is 1.85 bits per heavy atom. The minimum Gasteiger partial charge on any atom is -0.279 e. The molecule has 0 saturated carbocycles. The molecule has 8 heteroatoms. The standard InChI is InChI=1S/C18H15ClFN5O/c19-11-15(26)24-9-10-25-18(23-24)16(12-5-7-21-8-6-12)17(22-25)13-1-3-14(20)4-2-13/h1-8,23H,9-11H2. The highest BCUT2D eigenvalue weighted by Crippen LogP contribution is 2.38. The van der Waals surface area contributed by atoms with Crippen molar-refractivity contribution in [3.8, 4) is 22.4 Å². The Bertz CT molecular complexity index is 942. The minimum atomic E-state index is -0.305. The van der Waals surface area contributed by atoms with Crippen molar-refractivity contribution in [1.82, 2.24) is 19.8 Å². The summed E-state index contributed by atoms with van der Waals surface area (Å²) in [4.78, 5) is 16.0. The molecule has 0 spiro atoms. The molecule has 0 saturated heterocycles. The molecule has 0 unspecified atom stereocenters. The van der Waals surface area contributed by atoms with Crippen LogP contribution >= 0.6 is 11.6 Å². The summed E-state index contributed by atoms with van der Waals surface area (Å²) in [6, 6.07) is 9.93. The number of anilines is 1. The molecule has 0 bridgehead atoms. The van der Waals surface area contributed by atoms with Crippen LogP contribution in [0.1, 0.15) is 0 Å². The predicted octanol–water partition coefficient (Wildman–Crippen LogP) is 3.16. The topological polar surface area (TPSA) is 63.1 Å². The number of alkyl halides is 1. The monoisotopic (exact) mass is 371 g/mol. The van der Waals surface area contributed by atoms with Gasteiger partial charge in [-0.1, -0.05) is 0 Å². The number of amides is 1. The zero-order chi connectivity index (χ0) is 18.1. The van der Waals surface area contributed by atoms with Gasteiger partial charge in [0.05, 0.1) is 18.7 Å². The van der Waals surface area contributed by atoms with Gasteiger partial charge in [-0.15, -0.1) is 11.6 Å². The number of hydrogen-bond donors (Lipinski definition) is 1. The molecule has 1 aliphatic rings. The van der Waals surface area contributed by atoms with E-state index >= 15 is 0 Å². The fourth-order valence-corrected chi connectivity index (χ4v) is 3.12. The number of benzene rings is 1. The van der Waals surface area contributed by atoms with E-state index in [2.05, 4.69) is 15.5 Å². The van der Waals surface area contributed by atoms with Gasteiger partial charge < -0.3 is 0 Å². The van der Waals surface area contributed by atoms with Crippen LogP contribution in [0.25, 0.3) is 22.4 Å². The maximum absolute atomic E-state index is 13.3. The second-order valence-corrected chi connectivity index (χ2v) is 6.10. The number of halogens is 2. The predicted molar refractivity (Wildman–Crippen MR) is 96.9 cm³/mol. The fraction of sp³-hybridized carbons (Fsp3) is 0.167. The second kappa shape index (κ2) is 6.76. The summed E-state index contributed by atoms with van der Waals surface area (Å²) in [7, 11) is 0. The van der Waals surface area contributed by atoms with Crippen LogP contribution in [0.3, 0.4) is 0 Å². The van der Waals surface area contributed by atoms with Crippen LogP contribution in [0.15, 0.2) is 48.8 Å². The van der Waals surface area contributed by atoms with E-state index < -0.39 is 0 Å². The van der Waals surface area contributed by atoms with Gasteiger partial charge >= 0.3 is 0 Å². The molecule has 2 aromatic heterocycles. The number of hydrazine groups is 1. The molecule has 3 heterocycles. The average molecular weight is 372 g/mol. The number of carbonyl (C=O) groups is 1. The number of nitrogens with zero attached hydrogens (tertiary/aromatic N) is 4. The van der Waals surface area contributed by atoms with E-state index in [1.54, 1.807) is 24.5 Å². The fourth-order valence-electron chi connectivity index (χ4n) is 2.98. The van der Waals surface area contributed by atoms with Crippen molar-refractivity contribution in [3.63, 3.8) is 0 Å². The zero-order valence-corrected chi connectivity index (χ0v) is 14.4. The van der Waals surface area contributed by atoms with Crippen molar-refractivity contribution >= 4 is 23.3 Å². The van der Waals surface area contributed by atoms with Gasteiger partial charge in [0.2, 0.25) is 0 Å². The summed E-state index contributed by atoms with van der Waals surface area (Å²) in [5.74, 6) is 0.0832. The van der Waals surface area contributed by atoms with Gasteiger partial charge in [0.15, 0.2) is 5.82 Å².